The smallest absolute Gasteiger partial charge is 0.335 e. The molecular weight excluding hydrogens is 350 g/mol. The molecule has 2 aromatic carbocycles. The number of fused-ring (bicyclic) bond motifs is 1. The molecule has 0 atom stereocenters. The normalized spacial score (nSPS) is 15.5. The van der Waals surface area contributed by atoms with E-state index in [0.29, 0.717) is 16.9 Å². The summed E-state index contributed by atoms with van der Waals surface area (Å²) >= 11 is 0. The summed E-state index contributed by atoms with van der Waals surface area (Å²) in [5.41, 5.74) is 2.14. The number of nitrogens with zero attached hydrogens (tertiary/aromatic N) is 2. The second kappa shape index (κ2) is 6.44. The van der Waals surface area contributed by atoms with Crippen LogP contribution >= 0.6 is 0 Å². The lowest BCUT2D eigenvalue weighted by molar-refractivity contribution is 0.0175. The topological polar surface area (TPSA) is 55.1 Å². The molecule has 1 aromatic heterocycles. The van der Waals surface area contributed by atoms with Crippen molar-refractivity contribution in [2.24, 2.45) is 0 Å². The van der Waals surface area contributed by atoms with Crippen molar-refractivity contribution in [2.75, 3.05) is 0 Å². The van der Waals surface area contributed by atoms with Gasteiger partial charge < -0.3 is 9.67 Å². The van der Waals surface area contributed by atoms with Gasteiger partial charge in [-0.05, 0) is 37.1 Å². The Morgan fingerprint density at radius 2 is 1.93 bits per heavy atom. The molecule has 1 fully saturated rings. The van der Waals surface area contributed by atoms with Gasteiger partial charge in [0.2, 0.25) is 0 Å². The maximum atomic E-state index is 13.8. The first kappa shape index (κ1) is 17.6. The van der Waals surface area contributed by atoms with Crippen molar-refractivity contribution in [1.29, 1.82) is 0 Å². The highest BCUT2D eigenvalue weighted by Crippen LogP contribution is 2.38. The summed E-state index contributed by atoms with van der Waals surface area (Å²) < 4.78 is 29.7. The Morgan fingerprint density at radius 3 is 2.59 bits per heavy atom. The molecule has 1 aliphatic carbocycles. The number of imidazole rings is 1. The van der Waals surface area contributed by atoms with Crippen LogP contribution in [0.4, 0.5) is 8.78 Å². The predicted molar refractivity (Wildman–Crippen MR) is 99.2 cm³/mol. The molecule has 0 amide bonds. The summed E-state index contributed by atoms with van der Waals surface area (Å²) in [7, 11) is 0. The van der Waals surface area contributed by atoms with Crippen LogP contribution in [0.1, 0.15) is 54.6 Å². The van der Waals surface area contributed by atoms with Crippen LogP contribution in [0.3, 0.4) is 0 Å². The molecule has 0 radical (unpaired) electrons. The summed E-state index contributed by atoms with van der Waals surface area (Å²) in [5, 5.41) is 9.26. The first-order valence-corrected chi connectivity index (χ1v) is 9.08. The lowest BCUT2D eigenvalue weighted by atomic mass is 10.1. The number of benzene rings is 2. The van der Waals surface area contributed by atoms with E-state index in [1.807, 2.05) is 0 Å². The number of carboxylic acids is 1. The van der Waals surface area contributed by atoms with Crippen molar-refractivity contribution in [3.63, 3.8) is 0 Å². The van der Waals surface area contributed by atoms with Crippen molar-refractivity contribution >= 4 is 17.0 Å². The van der Waals surface area contributed by atoms with E-state index in [4.69, 9.17) is 0 Å². The number of aromatic nitrogens is 2. The van der Waals surface area contributed by atoms with E-state index in [0.717, 1.165) is 38.1 Å². The molecule has 1 aliphatic rings. The Labute approximate surface area is 155 Å². The SMILES string of the molecule is CC(F)(F)c1cccc(-c2nc3cc(C(=O)O)ccc3n2C2CCCC2)c1. The van der Waals surface area contributed by atoms with Crippen molar-refractivity contribution < 1.29 is 18.7 Å². The second-order valence-corrected chi connectivity index (χ2v) is 7.22. The molecular formula is C21H20F2N2O2. The molecule has 140 valence electrons. The molecule has 4 nitrogen and oxygen atoms in total. The van der Waals surface area contributed by atoms with Crippen LogP contribution in [-0.4, -0.2) is 20.6 Å². The van der Waals surface area contributed by atoms with Gasteiger partial charge in [-0.3, -0.25) is 0 Å². The number of rotatable bonds is 4. The number of halogens is 2. The number of hydrogen-bond donors (Lipinski definition) is 1. The van der Waals surface area contributed by atoms with Crippen LogP contribution in [-0.2, 0) is 5.92 Å². The maximum Gasteiger partial charge on any atom is 0.335 e. The van der Waals surface area contributed by atoms with E-state index in [9.17, 15) is 18.7 Å². The Hall–Kier alpha value is -2.76. The maximum absolute atomic E-state index is 13.8. The second-order valence-electron chi connectivity index (χ2n) is 7.22. The van der Waals surface area contributed by atoms with Gasteiger partial charge >= 0.3 is 5.97 Å². The van der Waals surface area contributed by atoms with Gasteiger partial charge in [0.25, 0.3) is 5.92 Å². The average molecular weight is 370 g/mol. The minimum absolute atomic E-state index is 0.0590. The molecule has 27 heavy (non-hydrogen) atoms. The average Bonchev–Trinajstić information content (AvgIpc) is 3.27. The molecule has 3 aromatic rings. The zero-order valence-electron chi connectivity index (χ0n) is 15.0. The molecule has 0 unspecified atom stereocenters. The van der Waals surface area contributed by atoms with Gasteiger partial charge in [-0.25, -0.2) is 18.6 Å². The van der Waals surface area contributed by atoms with E-state index in [1.54, 1.807) is 30.3 Å². The van der Waals surface area contributed by atoms with Gasteiger partial charge in [0, 0.05) is 24.1 Å². The third-order valence-electron chi connectivity index (χ3n) is 5.25. The van der Waals surface area contributed by atoms with Crippen molar-refractivity contribution in [3.8, 4) is 11.4 Å². The standard InChI is InChI=1S/C21H20F2N2O2/c1-21(22,23)15-6-4-5-13(11-15)19-24-17-12-14(20(26)27)9-10-18(17)25(19)16-7-2-3-8-16/h4-6,9-12,16H,2-3,7-8H2,1H3,(H,26,27). The summed E-state index contributed by atoms with van der Waals surface area (Å²) in [4.78, 5) is 15.9. The largest absolute Gasteiger partial charge is 0.478 e. The van der Waals surface area contributed by atoms with Crippen molar-refractivity contribution in [2.45, 2.75) is 44.6 Å². The van der Waals surface area contributed by atoms with E-state index in [-0.39, 0.29) is 17.2 Å². The van der Waals surface area contributed by atoms with Crippen LogP contribution in [0, 0.1) is 0 Å². The zero-order valence-corrected chi connectivity index (χ0v) is 15.0. The Bertz CT molecular complexity index is 1010. The van der Waals surface area contributed by atoms with Gasteiger partial charge in [0.15, 0.2) is 0 Å². The molecule has 0 aliphatic heterocycles. The number of carboxylic acid groups (broad SMARTS) is 1. The van der Waals surface area contributed by atoms with Gasteiger partial charge in [0.1, 0.15) is 5.82 Å². The molecule has 1 heterocycles. The summed E-state index contributed by atoms with van der Waals surface area (Å²) in [5.74, 6) is -3.33. The highest BCUT2D eigenvalue weighted by atomic mass is 19.3. The van der Waals surface area contributed by atoms with E-state index < -0.39 is 11.9 Å². The van der Waals surface area contributed by atoms with Crippen LogP contribution in [0.2, 0.25) is 0 Å². The lowest BCUT2D eigenvalue weighted by Gasteiger charge is -2.17. The van der Waals surface area contributed by atoms with Gasteiger partial charge in [-0.1, -0.05) is 31.0 Å². The van der Waals surface area contributed by atoms with E-state index in [2.05, 4.69) is 9.55 Å². The summed E-state index contributed by atoms with van der Waals surface area (Å²) in [6, 6.07) is 11.4. The van der Waals surface area contributed by atoms with E-state index >= 15 is 0 Å². The summed E-state index contributed by atoms with van der Waals surface area (Å²) in [6.07, 6.45) is 4.24. The fourth-order valence-electron chi connectivity index (χ4n) is 3.90. The van der Waals surface area contributed by atoms with Crippen LogP contribution in [0.25, 0.3) is 22.4 Å². The van der Waals surface area contributed by atoms with Crippen molar-refractivity contribution in [3.05, 3.63) is 53.6 Å². The number of carbonyl (C=O) groups is 1. The number of alkyl halides is 2. The number of hydrogen-bond acceptors (Lipinski definition) is 2. The predicted octanol–water partition coefficient (Wildman–Crippen LogP) is 5.63. The zero-order chi connectivity index (χ0) is 19.2. The van der Waals surface area contributed by atoms with Gasteiger partial charge in [-0.2, -0.15) is 0 Å². The molecule has 1 N–H and O–H groups in total. The Kier molecular flexibility index (Phi) is 4.21. The van der Waals surface area contributed by atoms with Gasteiger partial charge in [0.05, 0.1) is 16.6 Å². The van der Waals surface area contributed by atoms with Gasteiger partial charge in [-0.15, -0.1) is 0 Å². The first-order chi connectivity index (χ1) is 12.8. The highest BCUT2D eigenvalue weighted by molar-refractivity contribution is 5.93. The lowest BCUT2D eigenvalue weighted by Crippen LogP contribution is -2.09. The fourth-order valence-corrected chi connectivity index (χ4v) is 3.90. The Balaban J connectivity index is 1.93. The van der Waals surface area contributed by atoms with Crippen LogP contribution in [0.5, 0.6) is 0 Å². The van der Waals surface area contributed by atoms with Crippen molar-refractivity contribution in [1.82, 2.24) is 9.55 Å². The molecule has 1 saturated carbocycles. The van der Waals surface area contributed by atoms with Crippen LogP contribution < -0.4 is 0 Å². The third-order valence-corrected chi connectivity index (χ3v) is 5.25. The third kappa shape index (κ3) is 3.20. The molecule has 0 bridgehead atoms. The highest BCUT2D eigenvalue weighted by Gasteiger charge is 2.27. The molecule has 4 rings (SSSR count). The monoisotopic (exact) mass is 370 g/mol. The Morgan fingerprint density at radius 1 is 1.19 bits per heavy atom. The first-order valence-electron chi connectivity index (χ1n) is 9.08. The molecule has 6 heteroatoms. The molecule has 0 spiro atoms. The summed E-state index contributed by atoms with van der Waals surface area (Å²) in [6.45, 7) is 0.880. The minimum Gasteiger partial charge on any atom is -0.478 e. The quantitative estimate of drug-likeness (QED) is 0.648. The minimum atomic E-state index is -2.93. The number of aromatic carboxylic acids is 1. The molecule has 0 saturated heterocycles. The van der Waals surface area contributed by atoms with E-state index in [1.165, 1.54) is 12.1 Å². The van der Waals surface area contributed by atoms with Crippen LogP contribution in [0.15, 0.2) is 42.5 Å². The fraction of sp³-hybridized carbons (Fsp3) is 0.333.